The van der Waals surface area contributed by atoms with Gasteiger partial charge in [-0.2, -0.15) is 0 Å². The van der Waals surface area contributed by atoms with Crippen molar-refractivity contribution in [3.63, 3.8) is 0 Å². The number of H-pyrrole nitrogens is 2. The van der Waals surface area contributed by atoms with E-state index in [4.69, 9.17) is 47.4 Å². The van der Waals surface area contributed by atoms with Gasteiger partial charge in [-0.05, 0) is 195 Å². The molecule has 20 heteroatoms. The molecule has 4 heterocycles. The molecule has 3 atom stereocenters. The summed E-state index contributed by atoms with van der Waals surface area (Å²) in [4.78, 5) is 33.4. The summed E-state index contributed by atoms with van der Waals surface area (Å²) < 4.78 is 57.5. The number of amides is 2. The third kappa shape index (κ3) is 15.9. The van der Waals surface area contributed by atoms with E-state index < -0.39 is 0 Å². The molecule has 18 nitrogen and oxygen atoms in total. The van der Waals surface area contributed by atoms with E-state index >= 15 is 0 Å². The number of nitrogens with one attached hydrogen (secondary N) is 4. The van der Waals surface area contributed by atoms with E-state index in [1.54, 1.807) is 71.1 Å². The molecular formula is C70H85Br2N6O12+. The van der Waals surface area contributed by atoms with E-state index in [2.05, 4.69) is 121 Å². The number of hydrogen-bond acceptors (Lipinski definition) is 13. The molecule has 8 aromatic rings. The second-order valence-corrected chi connectivity index (χ2v) is 23.9. The maximum atomic E-state index is 13.2. The Balaban J connectivity index is 0.000000195. The van der Waals surface area contributed by atoms with Crippen LogP contribution in [0.4, 0.5) is 0 Å². The summed E-state index contributed by atoms with van der Waals surface area (Å²) in [6.07, 6.45) is 6.66. The Morgan fingerprint density at radius 2 is 1.02 bits per heavy atom. The van der Waals surface area contributed by atoms with Crippen LogP contribution >= 0.6 is 31.9 Å². The lowest BCUT2D eigenvalue weighted by molar-refractivity contribution is -0.940. The molecule has 2 amide bonds. The van der Waals surface area contributed by atoms with E-state index in [1.807, 2.05) is 54.6 Å². The van der Waals surface area contributed by atoms with Crippen molar-refractivity contribution >= 4 is 65.5 Å². The minimum Gasteiger partial charge on any atom is -0.497 e. The van der Waals surface area contributed by atoms with Gasteiger partial charge in [0, 0.05) is 65.9 Å². The molecule has 0 aliphatic carbocycles. The van der Waals surface area contributed by atoms with E-state index in [9.17, 15) is 9.59 Å². The molecule has 0 fully saturated rings. The number of rotatable bonds is 24. The Bertz CT molecular complexity index is 3790. The van der Waals surface area contributed by atoms with Gasteiger partial charge in [-0.15, -0.1) is 0 Å². The van der Waals surface area contributed by atoms with Gasteiger partial charge in [0.1, 0.15) is 17.5 Å². The van der Waals surface area contributed by atoms with Gasteiger partial charge in [0.25, 0.3) is 0 Å². The van der Waals surface area contributed by atoms with Crippen LogP contribution in [0.3, 0.4) is 0 Å². The average molecular weight is 1360 g/mol. The number of nitrogens with zero attached hydrogens (tertiary/aromatic N) is 2. The normalized spacial score (nSPS) is 15.8. The molecular weight excluding hydrogens is 1280 g/mol. The van der Waals surface area contributed by atoms with Crippen LogP contribution < -0.4 is 58.0 Å². The molecule has 3 unspecified atom stereocenters. The maximum absolute atomic E-state index is 13.2. The molecule has 6 aromatic carbocycles. The van der Waals surface area contributed by atoms with Crippen molar-refractivity contribution in [2.75, 3.05) is 118 Å². The molecule has 2 aromatic heterocycles. The highest BCUT2D eigenvalue weighted by Gasteiger charge is 2.40. The van der Waals surface area contributed by atoms with Crippen molar-refractivity contribution in [2.24, 2.45) is 0 Å². The third-order valence-corrected chi connectivity index (χ3v) is 18.6. The zero-order chi connectivity index (χ0) is 64.6. The largest absolute Gasteiger partial charge is 0.497 e. The van der Waals surface area contributed by atoms with Gasteiger partial charge < -0.3 is 72.5 Å². The van der Waals surface area contributed by atoms with Crippen molar-refractivity contribution in [3.8, 4) is 57.5 Å². The summed E-state index contributed by atoms with van der Waals surface area (Å²) in [6.45, 7) is 7.14. The second kappa shape index (κ2) is 31.6. The van der Waals surface area contributed by atoms with Crippen molar-refractivity contribution in [3.05, 3.63) is 163 Å². The standard InChI is InChI=1S/C35H42BrN3O6.C21H27NO4.C14H15BrN2O2/c1-39(16-13-34(40)37-14-11-25-27-20-24(41-2)8-9-28(27)38-35(25)36)15-12-23-19-32(44-5)33(45-6)21-26(23)29(39)17-22-7-10-30(42-3)31(18-22)43-4;1-22-9-8-15-12-20(25-4)21(26-5)13-16(15)17(22)10-14-6-7-18(23-2)19(11-14)24-3;1-3-13(18)16-7-6-10-11-8-9(19-2)4-5-12(11)17-14(10)15/h7-10,18-21,29,38H,11-17H2,1-6H3;6-7,11-13,17H,8-10H2,1-5H3;3-5,8,17H,1,6-7H2,2H3,(H,16,18)/p+1. The minimum atomic E-state index is -0.159. The van der Waals surface area contributed by atoms with Crippen molar-refractivity contribution in [2.45, 2.75) is 57.0 Å². The highest BCUT2D eigenvalue weighted by atomic mass is 79.9. The number of ether oxygens (including phenoxy) is 10. The monoisotopic (exact) mass is 1360 g/mol. The van der Waals surface area contributed by atoms with Crippen molar-refractivity contribution < 1.29 is 61.4 Å². The van der Waals surface area contributed by atoms with Crippen LogP contribution in [0.15, 0.2) is 119 Å². The Hall–Kier alpha value is -8.04. The number of fused-ring (bicyclic) bond motifs is 4. The Labute approximate surface area is 545 Å². The molecule has 2 aliphatic rings. The molecule has 0 spiro atoms. The molecule has 480 valence electrons. The van der Waals surface area contributed by atoms with Crippen LogP contribution in [0.2, 0.25) is 0 Å². The van der Waals surface area contributed by atoms with Gasteiger partial charge in [0.15, 0.2) is 46.0 Å². The van der Waals surface area contributed by atoms with E-state index in [1.165, 1.54) is 33.9 Å². The predicted octanol–water partition coefficient (Wildman–Crippen LogP) is 12.3. The first-order valence-electron chi connectivity index (χ1n) is 29.8. The predicted molar refractivity (Wildman–Crippen MR) is 360 cm³/mol. The number of carbonyl (C=O) groups is 2. The SMILES string of the molecule is C=CC(=O)NCCc1c(Br)[nH]c2ccc(OC)cc12.COc1ccc(CC2c3cc(OC)c(OC)cc3CCN2C)cc1OC.COc1ccc2[nH]c(Br)c(CCNC(=O)CC[N+]3(C)CCc4cc(OC)c(OC)cc4C3Cc3ccc(OC)c(OC)c3)c2c1. The molecule has 90 heavy (non-hydrogen) atoms. The lowest BCUT2D eigenvalue weighted by Gasteiger charge is -2.46. The topological polar surface area (TPSA) is 185 Å². The fraction of sp³-hybridized carbons (Fsp3) is 0.371. The fourth-order valence-electron chi connectivity index (χ4n) is 12.1. The molecule has 0 radical (unpaired) electrons. The van der Waals surface area contributed by atoms with Gasteiger partial charge in [0.05, 0.1) is 107 Å². The van der Waals surface area contributed by atoms with Gasteiger partial charge in [-0.1, -0.05) is 18.7 Å². The summed E-state index contributed by atoms with van der Waals surface area (Å²) in [5.41, 5.74) is 11.7. The molecule has 0 saturated heterocycles. The summed E-state index contributed by atoms with van der Waals surface area (Å²) in [7, 11) is 21.1. The first kappa shape index (κ1) is 67.9. The second-order valence-electron chi connectivity index (χ2n) is 22.3. The van der Waals surface area contributed by atoms with Crippen LogP contribution in [0.25, 0.3) is 21.8 Å². The van der Waals surface area contributed by atoms with Crippen LogP contribution in [0.1, 0.15) is 63.0 Å². The number of aromatic nitrogens is 2. The summed E-state index contributed by atoms with van der Waals surface area (Å²) in [5, 5.41) is 8.11. The van der Waals surface area contributed by atoms with E-state index in [0.717, 1.165) is 138 Å². The van der Waals surface area contributed by atoms with Crippen LogP contribution in [-0.4, -0.2) is 149 Å². The highest BCUT2D eigenvalue weighted by Crippen LogP contribution is 2.44. The molecule has 0 saturated carbocycles. The van der Waals surface area contributed by atoms with E-state index in [-0.39, 0.29) is 23.9 Å². The Morgan fingerprint density at radius 1 is 0.567 bits per heavy atom. The molecule has 0 bridgehead atoms. The number of likely N-dealkylation sites (N-methyl/N-ethyl adjacent to an activating group) is 2. The zero-order valence-electron chi connectivity index (χ0n) is 53.7. The summed E-state index contributed by atoms with van der Waals surface area (Å²) in [5.74, 6) is 7.43. The number of methoxy groups -OCH3 is 10. The first-order chi connectivity index (χ1) is 43.5. The fourth-order valence-corrected chi connectivity index (χ4v) is 13.3. The molecule has 2 aliphatic heterocycles. The van der Waals surface area contributed by atoms with Crippen LogP contribution in [-0.2, 0) is 48.1 Å². The quantitative estimate of drug-likeness (QED) is 0.0331. The Kier molecular flexibility index (Phi) is 23.8. The van der Waals surface area contributed by atoms with Gasteiger partial charge in [-0.3, -0.25) is 14.5 Å². The van der Waals surface area contributed by atoms with Crippen molar-refractivity contribution in [1.29, 1.82) is 0 Å². The van der Waals surface area contributed by atoms with E-state index in [0.29, 0.717) is 49.7 Å². The van der Waals surface area contributed by atoms with Crippen LogP contribution in [0.5, 0.6) is 57.5 Å². The number of benzene rings is 6. The van der Waals surface area contributed by atoms with Crippen molar-refractivity contribution in [1.82, 2.24) is 25.5 Å². The number of aromatic amines is 2. The zero-order valence-corrected chi connectivity index (χ0v) is 56.9. The smallest absolute Gasteiger partial charge is 0.243 e. The average Bonchev–Trinajstić information content (AvgIpc) is 1.15. The number of halogens is 2. The number of carbonyl (C=O) groups excluding carboxylic acids is 2. The minimum absolute atomic E-state index is 0.0471. The Morgan fingerprint density at radius 3 is 1.51 bits per heavy atom. The number of hydrogen-bond donors (Lipinski definition) is 4. The van der Waals surface area contributed by atoms with Gasteiger partial charge in [0.2, 0.25) is 11.8 Å². The molecule has 10 rings (SSSR count). The lowest BCUT2D eigenvalue weighted by Crippen LogP contribution is -2.53. The maximum Gasteiger partial charge on any atom is 0.243 e. The van der Waals surface area contributed by atoms with Gasteiger partial charge in [-0.25, -0.2) is 0 Å². The third-order valence-electron chi connectivity index (χ3n) is 17.2. The van der Waals surface area contributed by atoms with Gasteiger partial charge >= 0.3 is 0 Å². The lowest BCUT2D eigenvalue weighted by atomic mass is 9.86. The highest BCUT2D eigenvalue weighted by molar-refractivity contribution is 9.10. The summed E-state index contributed by atoms with van der Waals surface area (Å²) in [6, 6.07) is 32.9. The number of quaternary nitrogens is 1. The summed E-state index contributed by atoms with van der Waals surface area (Å²) >= 11 is 7.16. The molecule has 4 N–H and O–H groups in total. The van der Waals surface area contributed by atoms with Crippen LogP contribution in [0, 0.1) is 0 Å². The first-order valence-corrected chi connectivity index (χ1v) is 31.4.